The van der Waals surface area contributed by atoms with Gasteiger partial charge in [0.2, 0.25) is 0 Å². The Bertz CT molecular complexity index is 457. The number of benzene rings is 1. The van der Waals surface area contributed by atoms with Gasteiger partial charge in [-0.2, -0.15) is 13.2 Å². The van der Waals surface area contributed by atoms with Crippen LogP contribution < -0.4 is 10.6 Å². The van der Waals surface area contributed by atoms with Crippen molar-refractivity contribution in [3.05, 3.63) is 24.3 Å². The first-order valence-corrected chi connectivity index (χ1v) is 6.35. The number of nitrogen functional groups attached to an aromatic ring is 1. The molecule has 1 aromatic carbocycles. The van der Waals surface area contributed by atoms with Crippen LogP contribution in [0.25, 0.3) is 0 Å². The summed E-state index contributed by atoms with van der Waals surface area (Å²) in [4.78, 5) is 3.75. The smallest absolute Gasteiger partial charge is 0.399 e. The molecule has 104 valence electrons. The summed E-state index contributed by atoms with van der Waals surface area (Å²) in [6.45, 7) is 0.378. The second-order valence-electron chi connectivity index (χ2n) is 5.33. The van der Waals surface area contributed by atoms with Crippen molar-refractivity contribution in [2.24, 2.45) is 0 Å². The van der Waals surface area contributed by atoms with Crippen LogP contribution in [0.15, 0.2) is 24.3 Å². The first kappa shape index (κ1) is 12.6. The molecule has 2 aliphatic heterocycles. The highest BCUT2D eigenvalue weighted by Gasteiger charge is 2.46. The molecule has 2 N–H and O–H groups in total. The fourth-order valence-electron chi connectivity index (χ4n) is 3.16. The maximum atomic E-state index is 12.4. The van der Waals surface area contributed by atoms with Crippen molar-refractivity contribution in [3.8, 4) is 0 Å². The summed E-state index contributed by atoms with van der Waals surface area (Å²) in [7, 11) is 0. The highest BCUT2D eigenvalue weighted by atomic mass is 19.4. The number of hydrogen-bond donors (Lipinski definition) is 1. The van der Waals surface area contributed by atoms with Crippen LogP contribution >= 0.6 is 0 Å². The highest BCUT2D eigenvalue weighted by Crippen LogP contribution is 2.36. The molecule has 2 atom stereocenters. The van der Waals surface area contributed by atoms with Crippen molar-refractivity contribution in [3.63, 3.8) is 0 Å². The van der Waals surface area contributed by atoms with E-state index in [1.165, 1.54) is 0 Å². The molecule has 0 aromatic heterocycles. The first-order chi connectivity index (χ1) is 8.92. The molecule has 3 rings (SSSR count). The third-order valence-corrected chi connectivity index (χ3v) is 3.96. The molecule has 0 amide bonds. The predicted molar refractivity (Wildman–Crippen MR) is 68.0 cm³/mol. The number of nitrogens with zero attached hydrogens (tertiary/aromatic N) is 2. The van der Waals surface area contributed by atoms with Crippen LogP contribution in [0.1, 0.15) is 6.42 Å². The van der Waals surface area contributed by atoms with Crippen molar-refractivity contribution >= 4 is 11.4 Å². The van der Waals surface area contributed by atoms with Gasteiger partial charge in [0.15, 0.2) is 0 Å². The number of piperazine rings is 1. The summed E-state index contributed by atoms with van der Waals surface area (Å²) in [5, 5.41) is 0. The van der Waals surface area contributed by atoms with Gasteiger partial charge in [0, 0.05) is 36.5 Å². The third-order valence-electron chi connectivity index (χ3n) is 3.96. The van der Waals surface area contributed by atoms with Crippen LogP contribution in [-0.2, 0) is 0 Å². The van der Waals surface area contributed by atoms with Gasteiger partial charge in [-0.05, 0) is 30.7 Å². The SMILES string of the molecule is Nc1ccc(N2C[C@@H]3C[C@H]2CN3CC(F)(F)F)cc1. The molecule has 2 saturated heterocycles. The number of anilines is 2. The number of nitrogens with two attached hydrogens (primary N) is 1. The Kier molecular flexibility index (Phi) is 2.85. The van der Waals surface area contributed by atoms with E-state index in [0.29, 0.717) is 18.8 Å². The maximum absolute atomic E-state index is 12.4. The van der Waals surface area contributed by atoms with Crippen molar-refractivity contribution in [2.75, 3.05) is 30.3 Å². The van der Waals surface area contributed by atoms with E-state index in [9.17, 15) is 13.2 Å². The molecule has 0 spiro atoms. The molecule has 2 aliphatic rings. The van der Waals surface area contributed by atoms with E-state index in [0.717, 1.165) is 12.1 Å². The van der Waals surface area contributed by atoms with E-state index in [1.54, 1.807) is 4.90 Å². The number of fused-ring (bicyclic) bond motifs is 2. The second kappa shape index (κ2) is 4.30. The van der Waals surface area contributed by atoms with Crippen LogP contribution in [0.4, 0.5) is 24.5 Å². The van der Waals surface area contributed by atoms with Gasteiger partial charge >= 0.3 is 6.18 Å². The number of hydrogen-bond acceptors (Lipinski definition) is 3. The fraction of sp³-hybridized carbons (Fsp3) is 0.538. The van der Waals surface area contributed by atoms with Gasteiger partial charge in [0.05, 0.1) is 6.54 Å². The van der Waals surface area contributed by atoms with Crippen molar-refractivity contribution < 1.29 is 13.2 Å². The van der Waals surface area contributed by atoms with Gasteiger partial charge < -0.3 is 10.6 Å². The number of likely N-dealkylation sites (tertiary alicyclic amines) is 1. The van der Waals surface area contributed by atoms with E-state index < -0.39 is 12.7 Å². The second-order valence-corrected chi connectivity index (χ2v) is 5.33. The fourth-order valence-corrected chi connectivity index (χ4v) is 3.16. The number of alkyl halides is 3. The molecule has 1 aromatic rings. The monoisotopic (exact) mass is 271 g/mol. The summed E-state index contributed by atoms with van der Waals surface area (Å²) in [5.74, 6) is 0. The van der Waals surface area contributed by atoms with E-state index in [2.05, 4.69) is 4.90 Å². The van der Waals surface area contributed by atoms with Gasteiger partial charge in [0.25, 0.3) is 0 Å². The summed E-state index contributed by atoms with van der Waals surface area (Å²) < 4.78 is 37.3. The predicted octanol–water partition coefficient (Wildman–Crippen LogP) is 2.09. The summed E-state index contributed by atoms with van der Waals surface area (Å²) in [6, 6.07) is 7.73. The average molecular weight is 271 g/mol. The summed E-state index contributed by atoms with van der Waals surface area (Å²) >= 11 is 0. The van der Waals surface area contributed by atoms with Gasteiger partial charge in [-0.1, -0.05) is 0 Å². The minimum Gasteiger partial charge on any atom is -0.399 e. The average Bonchev–Trinajstić information content (AvgIpc) is 2.87. The quantitative estimate of drug-likeness (QED) is 0.836. The zero-order chi connectivity index (χ0) is 13.6. The summed E-state index contributed by atoms with van der Waals surface area (Å²) in [5.41, 5.74) is 7.39. The summed E-state index contributed by atoms with van der Waals surface area (Å²) in [6.07, 6.45) is -3.28. The molecular weight excluding hydrogens is 255 g/mol. The van der Waals surface area contributed by atoms with Crippen LogP contribution in [0, 0.1) is 0 Å². The maximum Gasteiger partial charge on any atom is 0.401 e. The topological polar surface area (TPSA) is 32.5 Å². The lowest BCUT2D eigenvalue weighted by molar-refractivity contribution is -0.148. The normalized spacial score (nSPS) is 27.2. The Morgan fingerprint density at radius 2 is 1.79 bits per heavy atom. The van der Waals surface area contributed by atoms with Crippen LogP contribution in [0.3, 0.4) is 0 Å². The van der Waals surface area contributed by atoms with Crippen LogP contribution in [0.2, 0.25) is 0 Å². The number of halogens is 3. The Morgan fingerprint density at radius 3 is 2.32 bits per heavy atom. The van der Waals surface area contributed by atoms with E-state index >= 15 is 0 Å². The van der Waals surface area contributed by atoms with E-state index in [-0.39, 0.29) is 12.1 Å². The molecule has 0 aliphatic carbocycles. The highest BCUT2D eigenvalue weighted by molar-refractivity contribution is 5.55. The minimum atomic E-state index is -4.10. The Balaban J connectivity index is 1.68. The lowest BCUT2D eigenvalue weighted by Crippen LogP contribution is -2.49. The van der Waals surface area contributed by atoms with Crippen LogP contribution in [-0.4, -0.2) is 42.8 Å². The molecule has 2 bridgehead atoms. The van der Waals surface area contributed by atoms with E-state index in [4.69, 9.17) is 5.73 Å². The lowest BCUT2D eigenvalue weighted by atomic mass is 10.2. The molecule has 0 radical (unpaired) electrons. The van der Waals surface area contributed by atoms with Crippen molar-refractivity contribution in [1.82, 2.24) is 4.90 Å². The molecular formula is C13H16F3N3. The minimum absolute atomic E-state index is 0.0178. The van der Waals surface area contributed by atoms with Crippen LogP contribution in [0.5, 0.6) is 0 Å². The molecule has 2 fully saturated rings. The number of rotatable bonds is 2. The molecule has 19 heavy (non-hydrogen) atoms. The lowest BCUT2D eigenvalue weighted by Gasteiger charge is -2.35. The Hall–Kier alpha value is -1.43. The zero-order valence-electron chi connectivity index (χ0n) is 10.4. The largest absolute Gasteiger partial charge is 0.401 e. The van der Waals surface area contributed by atoms with Gasteiger partial charge in [-0.15, -0.1) is 0 Å². The van der Waals surface area contributed by atoms with Crippen molar-refractivity contribution in [2.45, 2.75) is 24.7 Å². The molecule has 2 heterocycles. The first-order valence-electron chi connectivity index (χ1n) is 6.35. The third kappa shape index (κ3) is 2.49. The van der Waals surface area contributed by atoms with Gasteiger partial charge in [-0.25, -0.2) is 0 Å². The van der Waals surface area contributed by atoms with E-state index in [1.807, 2.05) is 24.3 Å². The Morgan fingerprint density at radius 1 is 1.11 bits per heavy atom. The molecule has 3 nitrogen and oxygen atoms in total. The standard InChI is InChI=1S/C13H16F3N3/c14-13(15,16)8-18-6-12-5-11(18)7-19(12)10-3-1-9(17)2-4-10/h1-4,11-12H,5-8,17H2/t11-,12-/m0/s1. The zero-order valence-corrected chi connectivity index (χ0v) is 10.4. The van der Waals surface area contributed by atoms with Gasteiger partial charge in [0.1, 0.15) is 0 Å². The molecule has 0 unspecified atom stereocenters. The van der Waals surface area contributed by atoms with Crippen molar-refractivity contribution in [1.29, 1.82) is 0 Å². The molecule has 6 heteroatoms. The van der Waals surface area contributed by atoms with Gasteiger partial charge in [-0.3, -0.25) is 4.90 Å². The molecule has 0 saturated carbocycles. The Labute approximate surface area is 109 Å².